The van der Waals surface area contributed by atoms with Crippen LogP contribution in [0.3, 0.4) is 0 Å². The molecule has 2 amide bonds. The fourth-order valence-electron chi connectivity index (χ4n) is 3.09. The number of carbonyl (C=O) groups is 2. The van der Waals surface area contributed by atoms with Gasteiger partial charge in [-0.05, 0) is 48.4 Å². The number of rotatable bonds is 9. The minimum Gasteiger partial charge on any atom is -0.352 e. The summed E-state index contributed by atoms with van der Waals surface area (Å²) in [5.74, 6) is -0.237. The van der Waals surface area contributed by atoms with Crippen LogP contribution in [0.1, 0.15) is 41.6 Å². The summed E-state index contributed by atoms with van der Waals surface area (Å²) in [7, 11) is -3.41. The molecule has 9 heteroatoms. The van der Waals surface area contributed by atoms with Crippen molar-refractivity contribution in [2.45, 2.75) is 37.1 Å². The van der Waals surface area contributed by atoms with Crippen LogP contribution in [0.5, 0.6) is 0 Å². The average Bonchev–Trinajstić information content (AvgIpc) is 3.44. The van der Waals surface area contributed by atoms with Gasteiger partial charge in [0.2, 0.25) is 15.9 Å². The molecule has 2 N–H and O–H groups in total. The lowest BCUT2D eigenvalue weighted by Crippen LogP contribution is -2.28. The Morgan fingerprint density at radius 3 is 2.41 bits per heavy atom. The van der Waals surface area contributed by atoms with E-state index in [1.165, 1.54) is 15.6 Å². The van der Waals surface area contributed by atoms with Crippen LogP contribution < -0.4 is 10.6 Å². The van der Waals surface area contributed by atoms with Crippen molar-refractivity contribution in [3.63, 3.8) is 0 Å². The van der Waals surface area contributed by atoms with Crippen molar-refractivity contribution in [3.8, 4) is 0 Å². The third-order valence-electron chi connectivity index (χ3n) is 4.77. The fourth-order valence-corrected chi connectivity index (χ4v) is 5.25. The molecule has 1 aromatic carbocycles. The van der Waals surface area contributed by atoms with Crippen molar-refractivity contribution < 1.29 is 18.0 Å². The second kappa shape index (κ2) is 10.00. The highest BCUT2D eigenvalue weighted by molar-refractivity contribution is 7.89. The number of hydrogen-bond acceptors (Lipinski definition) is 5. The molecular weight excluding hydrogens is 410 g/mol. The van der Waals surface area contributed by atoms with Crippen molar-refractivity contribution in [2.24, 2.45) is 0 Å². The molecule has 156 valence electrons. The molecule has 29 heavy (non-hydrogen) atoms. The molecule has 1 fully saturated rings. The third-order valence-corrected chi connectivity index (χ3v) is 7.36. The Hall–Kier alpha value is -2.23. The molecule has 0 radical (unpaired) electrons. The summed E-state index contributed by atoms with van der Waals surface area (Å²) in [5.41, 5.74) is 1.47. The molecule has 0 atom stereocenters. The normalized spacial score (nSPS) is 14.6. The molecule has 1 saturated heterocycles. The Labute approximate surface area is 175 Å². The van der Waals surface area contributed by atoms with Gasteiger partial charge >= 0.3 is 0 Å². The topological polar surface area (TPSA) is 95.6 Å². The van der Waals surface area contributed by atoms with Crippen molar-refractivity contribution >= 4 is 33.2 Å². The Morgan fingerprint density at radius 2 is 1.76 bits per heavy atom. The zero-order valence-electron chi connectivity index (χ0n) is 16.1. The highest BCUT2D eigenvalue weighted by atomic mass is 32.2. The van der Waals surface area contributed by atoms with E-state index in [-0.39, 0.29) is 16.7 Å². The number of thiophene rings is 1. The lowest BCUT2D eigenvalue weighted by Gasteiger charge is -2.15. The summed E-state index contributed by atoms with van der Waals surface area (Å²) in [6, 6.07) is 8.40. The van der Waals surface area contributed by atoms with Crippen LogP contribution in [0.2, 0.25) is 0 Å². The van der Waals surface area contributed by atoms with E-state index in [9.17, 15) is 18.0 Å². The molecular formula is C20H25N3O4S2. The molecule has 1 aromatic heterocycles. The van der Waals surface area contributed by atoms with E-state index < -0.39 is 10.0 Å². The van der Waals surface area contributed by atoms with E-state index in [0.29, 0.717) is 44.6 Å². The Morgan fingerprint density at radius 1 is 1.03 bits per heavy atom. The molecule has 0 aliphatic carbocycles. The van der Waals surface area contributed by atoms with Crippen LogP contribution in [-0.2, 0) is 21.4 Å². The Kier molecular flexibility index (Phi) is 7.40. The number of carbonyl (C=O) groups excluding carboxylic acids is 2. The molecule has 1 aliphatic heterocycles. The van der Waals surface area contributed by atoms with Crippen molar-refractivity contribution in [3.05, 3.63) is 52.2 Å². The quantitative estimate of drug-likeness (QED) is 0.591. The maximum Gasteiger partial charge on any atom is 0.252 e. The Balaban J connectivity index is 1.38. The lowest BCUT2D eigenvalue weighted by molar-refractivity contribution is -0.121. The van der Waals surface area contributed by atoms with E-state index in [0.717, 1.165) is 18.4 Å². The minimum absolute atomic E-state index is 0.108. The number of sulfonamides is 1. The van der Waals surface area contributed by atoms with E-state index in [1.54, 1.807) is 35.7 Å². The number of nitrogens with one attached hydrogen (secondary N) is 2. The van der Waals surface area contributed by atoms with Gasteiger partial charge in [-0.1, -0.05) is 12.1 Å². The van der Waals surface area contributed by atoms with Gasteiger partial charge in [0.1, 0.15) is 0 Å². The van der Waals surface area contributed by atoms with E-state index in [2.05, 4.69) is 10.6 Å². The maximum atomic E-state index is 12.5. The van der Waals surface area contributed by atoms with Gasteiger partial charge in [-0.25, -0.2) is 8.42 Å². The summed E-state index contributed by atoms with van der Waals surface area (Å²) in [5, 5.41) is 9.23. The van der Waals surface area contributed by atoms with Gasteiger partial charge in [0.05, 0.1) is 4.90 Å². The van der Waals surface area contributed by atoms with Crippen LogP contribution in [0.15, 0.2) is 46.0 Å². The molecule has 2 heterocycles. The molecule has 3 rings (SSSR count). The van der Waals surface area contributed by atoms with Gasteiger partial charge in [0.15, 0.2) is 0 Å². The van der Waals surface area contributed by atoms with Crippen LogP contribution in [0, 0.1) is 0 Å². The molecule has 0 unspecified atom stereocenters. The summed E-state index contributed by atoms with van der Waals surface area (Å²) < 4.78 is 26.5. The predicted octanol–water partition coefficient (Wildman–Crippen LogP) is 2.36. The average molecular weight is 436 g/mol. The van der Waals surface area contributed by atoms with Crippen molar-refractivity contribution in [1.29, 1.82) is 0 Å². The monoisotopic (exact) mass is 435 g/mol. The summed E-state index contributed by atoms with van der Waals surface area (Å²) >= 11 is 1.46. The van der Waals surface area contributed by atoms with Gasteiger partial charge in [-0.15, -0.1) is 0 Å². The molecule has 7 nitrogen and oxygen atoms in total. The first-order valence-electron chi connectivity index (χ1n) is 9.63. The zero-order valence-corrected chi connectivity index (χ0v) is 17.7. The van der Waals surface area contributed by atoms with Gasteiger partial charge in [0.25, 0.3) is 5.91 Å². The molecule has 2 aromatic rings. The molecule has 0 spiro atoms. The highest BCUT2D eigenvalue weighted by Crippen LogP contribution is 2.21. The van der Waals surface area contributed by atoms with Crippen molar-refractivity contribution in [2.75, 3.05) is 19.6 Å². The van der Waals surface area contributed by atoms with Gasteiger partial charge < -0.3 is 10.6 Å². The van der Waals surface area contributed by atoms with Gasteiger partial charge in [0, 0.05) is 43.5 Å². The first-order valence-corrected chi connectivity index (χ1v) is 12.0. The van der Waals surface area contributed by atoms with Gasteiger partial charge in [-0.2, -0.15) is 15.6 Å². The second-order valence-corrected chi connectivity index (χ2v) is 9.62. The van der Waals surface area contributed by atoms with Crippen LogP contribution >= 0.6 is 11.3 Å². The first kappa shape index (κ1) is 21.5. The SMILES string of the molecule is O=C(CCCNC(=O)c1ccsc1)NCc1ccc(S(=O)(=O)N2CCCC2)cc1. The maximum absolute atomic E-state index is 12.5. The second-order valence-electron chi connectivity index (χ2n) is 6.90. The lowest BCUT2D eigenvalue weighted by atomic mass is 10.2. The highest BCUT2D eigenvalue weighted by Gasteiger charge is 2.26. The molecule has 1 aliphatic rings. The zero-order chi connectivity index (χ0) is 20.7. The minimum atomic E-state index is -3.41. The van der Waals surface area contributed by atoms with Crippen LogP contribution in [-0.4, -0.2) is 44.2 Å². The standard InChI is InChI=1S/C20H25N3O4S2/c24-19(4-3-10-21-20(25)17-9-13-28-15-17)22-14-16-5-7-18(8-6-16)29(26,27)23-11-1-2-12-23/h5-9,13,15H,1-4,10-12,14H2,(H,21,25)(H,22,24). The van der Waals surface area contributed by atoms with Crippen molar-refractivity contribution in [1.82, 2.24) is 14.9 Å². The summed E-state index contributed by atoms with van der Waals surface area (Å²) in [6.45, 7) is 1.93. The van der Waals surface area contributed by atoms with Crippen LogP contribution in [0.4, 0.5) is 0 Å². The number of hydrogen-bond donors (Lipinski definition) is 2. The first-order chi connectivity index (χ1) is 14.0. The Bertz CT molecular complexity index is 919. The van der Waals surface area contributed by atoms with E-state index >= 15 is 0 Å². The molecule has 0 saturated carbocycles. The smallest absolute Gasteiger partial charge is 0.252 e. The molecule has 0 bridgehead atoms. The van der Waals surface area contributed by atoms with E-state index in [4.69, 9.17) is 0 Å². The predicted molar refractivity (Wildman–Crippen MR) is 112 cm³/mol. The van der Waals surface area contributed by atoms with Gasteiger partial charge in [-0.3, -0.25) is 9.59 Å². The number of nitrogens with zero attached hydrogens (tertiary/aromatic N) is 1. The summed E-state index contributed by atoms with van der Waals surface area (Å²) in [4.78, 5) is 24.0. The fraction of sp³-hybridized carbons (Fsp3) is 0.400. The third kappa shape index (κ3) is 5.88. The number of benzene rings is 1. The summed E-state index contributed by atoms with van der Waals surface area (Å²) in [6.07, 6.45) is 2.67. The largest absolute Gasteiger partial charge is 0.352 e. The van der Waals surface area contributed by atoms with E-state index in [1.807, 2.05) is 5.38 Å². The van der Waals surface area contributed by atoms with Crippen LogP contribution in [0.25, 0.3) is 0 Å². The number of amides is 2.